The first-order valence-electron chi connectivity index (χ1n) is 6.78. The molecule has 0 spiro atoms. The van der Waals surface area contributed by atoms with Crippen molar-refractivity contribution in [3.8, 4) is 0 Å². The van der Waals surface area contributed by atoms with Gasteiger partial charge >= 0.3 is 0 Å². The third-order valence-electron chi connectivity index (χ3n) is 3.46. The molecule has 0 aliphatic rings. The number of likely N-dealkylation sites (N-methyl/N-ethyl adjacent to an activating group) is 2. The van der Waals surface area contributed by atoms with Crippen molar-refractivity contribution in [3.63, 3.8) is 0 Å². The number of nitrogens with zero attached hydrogens (tertiary/aromatic N) is 2. The summed E-state index contributed by atoms with van der Waals surface area (Å²) in [6.07, 6.45) is 0.816. The van der Waals surface area contributed by atoms with E-state index in [1.165, 1.54) is 0 Å². The SMILES string of the molecule is CCC(N)C(c1ccccc1Cl)N(C)CC(=O)N(C)C. The highest BCUT2D eigenvalue weighted by molar-refractivity contribution is 6.31. The van der Waals surface area contributed by atoms with E-state index >= 15 is 0 Å². The van der Waals surface area contributed by atoms with E-state index in [0.29, 0.717) is 11.6 Å². The van der Waals surface area contributed by atoms with Crippen LogP contribution in [0.5, 0.6) is 0 Å². The molecule has 5 heteroatoms. The fraction of sp³-hybridized carbons (Fsp3) is 0.533. The Labute approximate surface area is 126 Å². The summed E-state index contributed by atoms with van der Waals surface area (Å²) in [5.74, 6) is 0.0489. The number of carbonyl (C=O) groups is 1. The summed E-state index contributed by atoms with van der Waals surface area (Å²) in [7, 11) is 5.41. The van der Waals surface area contributed by atoms with Gasteiger partial charge in [-0.1, -0.05) is 36.7 Å². The predicted molar refractivity (Wildman–Crippen MR) is 83.8 cm³/mol. The zero-order chi connectivity index (χ0) is 15.3. The third kappa shape index (κ3) is 4.20. The highest BCUT2D eigenvalue weighted by Crippen LogP contribution is 2.29. The number of rotatable bonds is 6. The van der Waals surface area contributed by atoms with Gasteiger partial charge in [0.25, 0.3) is 0 Å². The predicted octanol–water partition coefficient (Wildman–Crippen LogP) is 2.14. The van der Waals surface area contributed by atoms with Crippen LogP contribution in [0.1, 0.15) is 24.9 Å². The molecule has 0 bridgehead atoms. The summed E-state index contributed by atoms with van der Waals surface area (Å²) in [6, 6.07) is 7.52. The van der Waals surface area contributed by atoms with Crippen LogP contribution in [0.2, 0.25) is 5.02 Å². The minimum absolute atomic E-state index is 0.0489. The van der Waals surface area contributed by atoms with Gasteiger partial charge in [0.2, 0.25) is 5.91 Å². The van der Waals surface area contributed by atoms with Gasteiger partial charge in [0.1, 0.15) is 0 Å². The van der Waals surface area contributed by atoms with Crippen molar-refractivity contribution in [2.75, 3.05) is 27.7 Å². The summed E-state index contributed by atoms with van der Waals surface area (Å²) in [5.41, 5.74) is 7.22. The summed E-state index contributed by atoms with van der Waals surface area (Å²) in [4.78, 5) is 15.4. The number of halogens is 1. The molecule has 2 unspecified atom stereocenters. The zero-order valence-corrected chi connectivity index (χ0v) is 13.4. The fourth-order valence-electron chi connectivity index (χ4n) is 2.19. The molecule has 4 nitrogen and oxygen atoms in total. The van der Waals surface area contributed by atoms with E-state index in [1.807, 2.05) is 43.1 Å². The number of amides is 1. The van der Waals surface area contributed by atoms with Gasteiger partial charge in [0.05, 0.1) is 12.6 Å². The maximum Gasteiger partial charge on any atom is 0.236 e. The molecule has 0 heterocycles. The molecule has 1 aromatic carbocycles. The summed E-state index contributed by atoms with van der Waals surface area (Å²) in [5, 5.41) is 0.686. The molecular formula is C15H24ClN3O. The molecule has 1 amide bonds. The van der Waals surface area contributed by atoms with E-state index in [9.17, 15) is 4.79 Å². The van der Waals surface area contributed by atoms with E-state index < -0.39 is 0 Å². The number of nitrogens with two attached hydrogens (primary N) is 1. The third-order valence-corrected chi connectivity index (χ3v) is 3.80. The van der Waals surface area contributed by atoms with Gasteiger partial charge in [-0.3, -0.25) is 9.69 Å². The van der Waals surface area contributed by atoms with Gasteiger partial charge in [0.15, 0.2) is 0 Å². The minimum atomic E-state index is -0.0742. The summed E-state index contributed by atoms with van der Waals surface area (Å²) in [6.45, 7) is 2.35. The second-order valence-electron chi connectivity index (χ2n) is 5.24. The number of hydrogen-bond donors (Lipinski definition) is 1. The number of hydrogen-bond acceptors (Lipinski definition) is 3. The average molecular weight is 298 g/mol. The molecule has 0 aromatic heterocycles. The monoisotopic (exact) mass is 297 g/mol. The second kappa shape index (κ2) is 7.62. The van der Waals surface area contributed by atoms with Crippen LogP contribution < -0.4 is 5.73 Å². The van der Waals surface area contributed by atoms with E-state index in [4.69, 9.17) is 17.3 Å². The minimum Gasteiger partial charge on any atom is -0.348 e. The quantitative estimate of drug-likeness (QED) is 0.875. The lowest BCUT2D eigenvalue weighted by Crippen LogP contribution is -2.43. The van der Waals surface area contributed by atoms with Crippen LogP contribution in [-0.4, -0.2) is 49.4 Å². The molecule has 112 valence electrons. The number of benzene rings is 1. The van der Waals surface area contributed by atoms with E-state index in [0.717, 1.165) is 12.0 Å². The Hall–Kier alpha value is -1.10. The Morgan fingerprint density at radius 2 is 1.90 bits per heavy atom. The van der Waals surface area contributed by atoms with Gasteiger partial charge in [-0.2, -0.15) is 0 Å². The van der Waals surface area contributed by atoms with Crippen LogP contribution in [0, 0.1) is 0 Å². The molecule has 0 aliphatic heterocycles. The first-order valence-corrected chi connectivity index (χ1v) is 7.16. The van der Waals surface area contributed by atoms with Crippen LogP contribution in [-0.2, 0) is 4.79 Å². The van der Waals surface area contributed by atoms with E-state index in [-0.39, 0.29) is 18.0 Å². The normalized spacial score (nSPS) is 14.2. The Balaban J connectivity index is 3.01. The van der Waals surface area contributed by atoms with Gasteiger partial charge < -0.3 is 10.6 Å². The van der Waals surface area contributed by atoms with Crippen LogP contribution in [0.4, 0.5) is 0 Å². The van der Waals surface area contributed by atoms with Gasteiger partial charge in [-0.15, -0.1) is 0 Å². The molecule has 20 heavy (non-hydrogen) atoms. The Morgan fingerprint density at radius 3 is 2.40 bits per heavy atom. The second-order valence-corrected chi connectivity index (χ2v) is 5.65. The lowest BCUT2D eigenvalue weighted by atomic mass is 9.96. The van der Waals surface area contributed by atoms with Crippen LogP contribution in [0.25, 0.3) is 0 Å². The molecule has 0 saturated carbocycles. The van der Waals surface area contributed by atoms with Crippen LogP contribution in [0.3, 0.4) is 0 Å². The lowest BCUT2D eigenvalue weighted by Gasteiger charge is -2.33. The lowest BCUT2D eigenvalue weighted by molar-refractivity contribution is -0.130. The van der Waals surface area contributed by atoms with Crippen LogP contribution >= 0.6 is 11.6 Å². The molecule has 2 atom stereocenters. The molecular weight excluding hydrogens is 274 g/mol. The molecule has 2 N–H and O–H groups in total. The maximum absolute atomic E-state index is 11.9. The van der Waals surface area contributed by atoms with Gasteiger partial charge in [-0.05, 0) is 25.1 Å². The Morgan fingerprint density at radius 1 is 1.30 bits per heavy atom. The summed E-state index contributed by atoms with van der Waals surface area (Å²) < 4.78 is 0. The maximum atomic E-state index is 11.9. The highest BCUT2D eigenvalue weighted by Gasteiger charge is 2.26. The first kappa shape index (κ1) is 17.0. The van der Waals surface area contributed by atoms with Crippen molar-refractivity contribution in [2.24, 2.45) is 5.73 Å². The van der Waals surface area contributed by atoms with Crippen molar-refractivity contribution >= 4 is 17.5 Å². The molecule has 0 saturated heterocycles. The van der Waals surface area contributed by atoms with Crippen LogP contribution in [0.15, 0.2) is 24.3 Å². The topological polar surface area (TPSA) is 49.6 Å². The zero-order valence-electron chi connectivity index (χ0n) is 12.6. The van der Waals surface area contributed by atoms with E-state index in [1.54, 1.807) is 19.0 Å². The highest BCUT2D eigenvalue weighted by atomic mass is 35.5. The molecule has 0 radical (unpaired) electrons. The molecule has 0 aliphatic carbocycles. The Kier molecular flexibility index (Phi) is 6.46. The fourth-order valence-corrected chi connectivity index (χ4v) is 2.43. The number of carbonyl (C=O) groups excluding carboxylic acids is 1. The first-order chi connectivity index (χ1) is 9.38. The largest absolute Gasteiger partial charge is 0.348 e. The van der Waals surface area contributed by atoms with E-state index in [2.05, 4.69) is 0 Å². The average Bonchev–Trinajstić information content (AvgIpc) is 2.40. The summed E-state index contributed by atoms with van der Waals surface area (Å²) >= 11 is 6.29. The van der Waals surface area contributed by atoms with Crippen molar-refractivity contribution in [1.82, 2.24) is 9.80 Å². The molecule has 1 rings (SSSR count). The van der Waals surface area contributed by atoms with Crippen molar-refractivity contribution in [3.05, 3.63) is 34.9 Å². The standard InChI is InChI=1S/C15H24ClN3O/c1-5-13(17)15(11-8-6-7-9-12(11)16)19(4)10-14(20)18(2)3/h6-9,13,15H,5,10,17H2,1-4H3. The van der Waals surface area contributed by atoms with Crippen molar-refractivity contribution in [1.29, 1.82) is 0 Å². The van der Waals surface area contributed by atoms with Gasteiger partial charge in [0, 0.05) is 25.2 Å². The van der Waals surface area contributed by atoms with Gasteiger partial charge in [-0.25, -0.2) is 0 Å². The van der Waals surface area contributed by atoms with Crippen molar-refractivity contribution in [2.45, 2.75) is 25.4 Å². The smallest absolute Gasteiger partial charge is 0.236 e. The van der Waals surface area contributed by atoms with Crippen molar-refractivity contribution < 1.29 is 4.79 Å². The molecule has 1 aromatic rings. The molecule has 0 fully saturated rings. The Bertz CT molecular complexity index is 450.